The third-order valence-electron chi connectivity index (χ3n) is 8.78. The first-order chi connectivity index (χ1) is 22.3. The van der Waals surface area contributed by atoms with Crippen molar-refractivity contribution < 1.29 is 4.74 Å². The van der Waals surface area contributed by atoms with Crippen molar-refractivity contribution in [3.63, 3.8) is 0 Å². The lowest BCUT2D eigenvalue weighted by Gasteiger charge is -2.33. The summed E-state index contributed by atoms with van der Waals surface area (Å²) in [5.41, 5.74) is 11.4. The lowest BCUT2D eigenvalue weighted by atomic mass is 10.0. The fourth-order valence-corrected chi connectivity index (χ4v) is 6.66. The molecule has 212 valence electrons. The molecule has 9 rings (SSSR count). The van der Waals surface area contributed by atoms with Gasteiger partial charge in [0.05, 0.1) is 22.4 Å². The molecule has 0 atom stereocenters. The molecule has 3 nitrogen and oxygen atoms in total. The maximum Gasteiger partial charge on any atom is 0.152 e. The molecule has 7 aromatic carbocycles. The number of aromatic nitrogens is 1. The van der Waals surface area contributed by atoms with Crippen molar-refractivity contribution in [3.05, 3.63) is 170 Å². The van der Waals surface area contributed by atoms with Gasteiger partial charge in [-0.1, -0.05) is 103 Å². The zero-order valence-electron chi connectivity index (χ0n) is 24.5. The molecule has 45 heavy (non-hydrogen) atoms. The second-order valence-corrected chi connectivity index (χ2v) is 11.4. The minimum Gasteiger partial charge on any atom is -0.453 e. The molecule has 0 aliphatic carbocycles. The summed E-state index contributed by atoms with van der Waals surface area (Å²) in [6.45, 7) is 0. The Morgan fingerprint density at radius 1 is 0.356 bits per heavy atom. The van der Waals surface area contributed by atoms with Gasteiger partial charge in [0.25, 0.3) is 0 Å². The van der Waals surface area contributed by atoms with Crippen molar-refractivity contribution in [3.8, 4) is 39.4 Å². The summed E-state index contributed by atoms with van der Waals surface area (Å²) in [7, 11) is 0. The van der Waals surface area contributed by atoms with Gasteiger partial charge in [0, 0.05) is 22.1 Å². The van der Waals surface area contributed by atoms with E-state index >= 15 is 0 Å². The van der Waals surface area contributed by atoms with Crippen molar-refractivity contribution in [1.82, 2.24) is 4.57 Å². The molecule has 0 fully saturated rings. The van der Waals surface area contributed by atoms with Gasteiger partial charge in [0.2, 0.25) is 0 Å². The number of fused-ring (bicyclic) bond motifs is 5. The molecule has 0 saturated heterocycles. The van der Waals surface area contributed by atoms with E-state index < -0.39 is 0 Å². The van der Waals surface area contributed by atoms with Crippen LogP contribution < -0.4 is 9.64 Å². The molecular weight excluding hydrogens is 548 g/mol. The van der Waals surface area contributed by atoms with Crippen molar-refractivity contribution in [1.29, 1.82) is 0 Å². The van der Waals surface area contributed by atoms with Crippen molar-refractivity contribution >= 4 is 38.9 Å². The third kappa shape index (κ3) is 4.21. The van der Waals surface area contributed by atoms with E-state index in [2.05, 4.69) is 161 Å². The van der Waals surface area contributed by atoms with Gasteiger partial charge in [0.1, 0.15) is 0 Å². The predicted octanol–water partition coefficient (Wildman–Crippen LogP) is 11.7. The summed E-state index contributed by atoms with van der Waals surface area (Å²) in [4.78, 5) is 2.28. The van der Waals surface area contributed by atoms with Gasteiger partial charge in [-0.05, 0) is 89.0 Å². The molecule has 2 heterocycles. The van der Waals surface area contributed by atoms with E-state index in [1.807, 2.05) is 18.2 Å². The summed E-state index contributed by atoms with van der Waals surface area (Å²) in [5.74, 6) is 1.69. The highest BCUT2D eigenvalue weighted by Crippen LogP contribution is 2.51. The number of para-hydroxylation sites is 4. The number of ether oxygens (including phenoxy) is 1. The van der Waals surface area contributed by atoms with E-state index in [1.54, 1.807) is 0 Å². The predicted molar refractivity (Wildman–Crippen MR) is 186 cm³/mol. The molecule has 0 radical (unpaired) electrons. The van der Waals surface area contributed by atoms with Gasteiger partial charge in [-0.15, -0.1) is 0 Å². The molecule has 0 unspecified atom stereocenters. The normalized spacial score (nSPS) is 12.1. The van der Waals surface area contributed by atoms with Crippen LogP contribution >= 0.6 is 0 Å². The third-order valence-corrected chi connectivity index (χ3v) is 8.78. The van der Waals surface area contributed by atoms with Gasteiger partial charge >= 0.3 is 0 Å². The number of nitrogens with zero attached hydrogens (tertiary/aromatic N) is 2. The Morgan fingerprint density at radius 3 is 1.80 bits per heavy atom. The fourth-order valence-electron chi connectivity index (χ4n) is 6.66. The number of anilines is 3. The molecule has 1 aliphatic rings. The summed E-state index contributed by atoms with van der Waals surface area (Å²) in [6.07, 6.45) is 0. The van der Waals surface area contributed by atoms with Crippen LogP contribution in [0.4, 0.5) is 17.1 Å². The van der Waals surface area contributed by atoms with Crippen LogP contribution in [0.5, 0.6) is 11.5 Å². The van der Waals surface area contributed by atoms with Gasteiger partial charge in [-0.3, -0.25) is 0 Å². The van der Waals surface area contributed by atoms with Crippen LogP contribution in [-0.2, 0) is 0 Å². The summed E-state index contributed by atoms with van der Waals surface area (Å²) >= 11 is 0. The standard InChI is InChI=1S/C42H28N2O/c1-3-11-29(12-4-1)30-19-23-34(24-20-30)43-37-16-8-7-15-35(37)36-27-31(21-25-38(36)43)32-22-26-40-42(28-32)45-41-18-10-9-17-39(41)44(40)33-13-5-2-6-14-33/h1-28H. The first kappa shape index (κ1) is 25.4. The van der Waals surface area contributed by atoms with Crippen LogP contribution in [0.15, 0.2) is 170 Å². The van der Waals surface area contributed by atoms with Gasteiger partial charge in [-0.2, -0.15) is 0 Å². The quantitative estimate of drug-likeness (QED) is 0.207. The first-order valence-corrected chi connectivity index (χ1v) is 15.3. The Morgan fingerprint density at radius 2 is 0.956 bits per heavy atom. The van der Waals surface area contributed by atoms with E-state index in [0.717, 1.165) is 45.4 Å². The zero-order chi connectivity index (χ0) is 29.7. The van der Waals surface area contributed by atoms with E-state index in [4.69, 9.17) is 4.74 Å². The first-order valence-electron chi connectivity index (χ1n) is 15.3. The van der Waals surface area contributed by atoms with Crippen molar-refractivity contribution in [2.24, 2.45) is 0 Å². The Kier molecular flexibility index (Phi) is 5.82. The second kappa shape index (κ2) is 10.3. The maximum atomic E-state index is 6.51. The Hall–Kier alpha value is -6.06. The van der Waals surface area contributed by atoms with Crippen LogP contribution in [0, 0.1) is 0 Å². The Balaban J connectivity index is 1.15. The second-order valence-electron chi connectivity index (χ2n) is 11.4. The number of hydrogen-bond donors (Lipinski definition) is 0. The van der Waals surface area contributed by atoms with Crippen LogP contribution in [0.2, 0.25) is 0 Å². The minimum absolute atomic E-state index is 0.844. The molecule has 1 aliphatic heterocycles. The topological polar surface area (TPSA) is 17.4 Å². The monoisotopic (exact) mass is 576 g/mol. The molecule has 0 saturated carbocycles. The molecule has 3 heteroatoms. The molecular formula is C42H28N2O. The van der Waals surface area contributed by atoms with Gasteiger partial charge < -0.3 is 14.2 Å². The molecule has 0 N–H and O–H groups in total. The summed E-state index contributed by atoms with van der Waals surface area (Å²) < 4.78 is 8.88. The highest BCUT2D eigenvalue weighted by Gasteiger charge is 2.26. The molecule has 1 aromatic heterocycles. The Bertz CT molecular complexity index is 2340. The zero-order valence-corrected chi connectivity index (χ0v) is 24.5. The highest BCUT2D eigenvalue weighted by atomic mass is 16.5. The smallest absolute Gasteiger partial charge is 0.152 e. The van der Waals surface area contributed by atoms with Crippen LogP contribution in [0.1, 0.15) is 0 Å². The molecule has 0 bridgehead atoms. The fraction of sp³-hybridized carbons (Fsp3) is 0. The number of benzene rings is 7. The minimum atomic E-state index is 0.844. The number of rotatable bonds is 4. The largest absolute Gasteiger partial charge is 0.453 e. The van der Waals surface area contributed by atoms with E-state index in [-0.39, 0.29) is 0 Å². The SMILES string of the molecule is c1ccc(-c2ccc(-n3c4ccccc4c4cc(-c5ccc6c(c5)Oc5ccccc5N6c5ccccc5)ccc43)cc2)cc1. The van der Waals surface area contributed by atoms with Crippen LogP contribution in [0.3, 0.4) is 0 Å². The van der Waals surface area contributed by atoms with Crippen LogP contribution in [-0.4, -0.2) is 4.57 Å². The average Bonchev–Trinajstić information content (AvgIpc) is 3.45. The maximum absolute atomic E-state index is 6.51. The van der Waals surface area contributed by atoms with E-state index in [9.17, 15) is 0 Å². The van der Waals surface area contributed by atoms with Crippen molar-refractivity contribution in [2.75, 3.05) is 4.90 Å². The van der Waals surface area contributed by atoms with Gasteiger partial charge in [-0.25, -0.2) is 0 Å². The average molecular weight is 577 g/mol. The lowest BCUT2D eigenvalue weighted by molar-refractivity contribution is 0.477. The van der Waals surface area contributed by atoms with Crippen LogP contribution in [0.25, 0.3) is 49.7 Å². The number of hydrogen-bond acceptors (Lipinski definition) is 2. The highest BCUT2D eigenvalue weighted by molar-refractivity contribution is 6.10. The lowest BCUT2D eigenvalue weighted by Crippen LogP contribution is -2.15. The van der Waals surface area contributed by atoms with E-state index in [1.165, 1.54) is 32.9 Å². The molecule has 0 spiro atoms. The molecule has 0 amide bonds. The Labute approximate surface area is 261 Å². The summed E-state index contributed by atoms with van der Waals surface area (Å²) in [6, 6.07) is 60.1. The molecule has 8 aromatic rings. The van der Waals surface area contributed by atoms with Crippen molar-refractivity contribution in [2.45, 2.75) is 0 Å². The van der Waals surface area contributed by atoms with E-state index in [0.29, 0.717) is 0 Å². The summed E-state index contributed by atoms with van der Waals surface area (Å²) in [5, 5.41) is 2.46. The van der Waals surface area contributed by atoms with Gasteiger partial charge in [0.15, 0.2) is 11.5 Å².